The molecule has 114 valence electrons. The standard InChI is InChI=1S/C18H18FNO2/c19-17-9-5-4-8-14(17)15-12-16(15)18(21)20-10-11-22-13-6-2-1-3-7-13/h1-9,15-16H,10-12H2,(H,20,21). The highest BCUT2D eigenvalue weighted by molar-refractivity contribution is 5.82. The van der Waals surface area contributed by atoms with Gasteiger partial charge in [-0.05, 0) is 36.1 Å². The average Bonchev–Trinajstić information content (AvgIpc) is 3.33. The van der Waals surface area contributed by atoms with Crippen LogP contribution in [0, 0.1) is 11.7 Å². The van der Waals surface area contributed by atoms with E-state index in [9.17, 15) is 9.18 Å². The lowest BCUT2D eigenvalue weighted by molar-refractivity contribution is -0.122. The summed E-state index contributed by atoms with van der Waals surface area (Å²) in [5.74, 6) is 0.428. The number of benzene rings is 2. The van der Waals surface area contributed by atoms with Crippen molar-refractivity contribution in [1.29, 1.82) is 0 Å². The number of carbonyl (C=O) groups excluding carboxylic acids is 1. The van der Waals surface area contributed by atoms with Crippen LogP contribution in [0.3, 0.4) is 0 Å². The summed E-state index contributed by atoms with van der Waals surface area (Å²) < 4.78 is 19.2. The lowest BCUT2D eigenvalue weighted by Gasteiger charge is -2.07. The highest BCUT2D eigenvalue weighted by Gasteiger charge is 2.44. The van der Waals surface area contributed by atoms with Crippen LogP contribution >= 0.6 is 0 Å². The second-order valence-corrected chi connectivity index (χ2v) is 5.42. The Kier molecular flexibility index (Phi) is 4.37. The number of hydrogen-bond acceptors (Lipinski definition) is 2. The SMILES string of the molecule is O=C(NCCOc1ccccc1)C1CC1c1ccccc1F. The number of ether oxygens (including phenoxy) is 1. The molecule has 0 saturated heterocycles. The van der Waals surface area contributed by atoms with Gasteiger partial charge in [0.1, 0.15) is 18.2 Å². The molecule has 0 aliphatic heterocycles. The minimum absolute atomic E-state index is 0.0104. The molecule has 3 nitrogen and oxygen atoms in total. The minimum atomic E-state index is -0.227. The first-order chi connectivity index (χ1) is 10.8. The Bertz CT molecular complexity index is 645. The van der Waals surface area contributed by atoms with Gasteiger partial charge in [0.15, 0.2) is 0 Å². The average molecular weight is 299 g/mol. The molecule has 0 bridgehead atoms. The lowest BCUT2D eigenvalue weighted by atomic mass is 10.1. The minimum Gasteiger partial charge on any atom is -0.492 e. The Hall–Kier alpha value is -2.36. The van der Waals surface area contributed by atoms with Crippen molar-refractivity contribution < 1.29 is 13.9 Å². The molecule has 0 heterocycles. The van der Waals surface area contributed by atoms with E-state index < -0.39 is 0 Å². The Morgan fingerprint density at radius 3 is 2.64 bits per heavy atom. The molecule has 0 spiro atoms. The van der Waals surface area contributed by atoms with Gasteiger partial charge in [-0.25, -0.2) is 4.39 Å². The second-order valence-electron chi connectivity index (χ2n) is 5.42. The van der Waals surface area contributed by atoms with Crippen molar-refractivity contribution in [1.82, 2.24) is 5.32 Å². The predicted octanol–water partition coefficient (Wildman–Crippen LogP) is 3.12. The molecule has 1 aliphatic rings. The van der Waals surface area contributed by atoms with Gasteiger partial charge >= 0.3 is 0 Å². The summed E-state index contributed by atoms with van der Waals surface area (Å²) in [5, 5.41) is 2.85. The molecular weight excluding hydrogens is 281 g/mol. The van der Waals surface area contributed by atoms with Crippen molar-refractivity contribution in [2.45, 2.75) is 12.3 Å². The molecule has 1 aliphatic carbocycles. The van der Waals surface area contributed by atoms with Crippen LogP contribution in [0.5, 0.6) is 5.75 Å². The first-order valence-corrected chi connectivity index (χ1v) is 7.45. The van der Waals surface area contributed by atoms with Crippen molar-refractivity contribution >= 4 is 5.91 Å². The number of amides is 1. The van der Waals surface area contributed by atoms with E-state index >= 15 is 0 Å². The van der Waals surface area contributed by atoms with Crippen LogP contribution in [0.15, 0.2) is 54.6 Å². The van der Waals surface area contributed by atoms with Crippen molar-refractivity contribution in [3.63, 3.8) is 0 Å². The number of halogens is 1. The smallest absolute Gasteiger partial charge is 0.223 e. The van der Waals surface area contributed by atoms with Gasteiger partial charge in [-0.15, -0.1) is 0 Å². The number of nitrogens with one attached hydrogen (secondary N) is 1. The molecule has 2 unspecified atom stereocenters. The topological polar surface area (TPSA) is 38.3 Å². The summed E-state index contributed by atoms with van der Waals surface area (Å²) in [5.41, 5.74) is 0.642. The van der Waals surface area contributed by atoms with Crippen molar-refractivity contribution in [2.75, 3.05) is 13.2 Å². The van der Waals surface area contributed by atoms with Gasteiger partial charge < -0.3 is 10.1 Å². The largest absolute Gasteiger partial charge is 0.492 e. The maximum atomic E-state index is 13.7. The zero-order chi connectivity index (χ0) is 15.4. The van der Waals surface area contributed by atoms with Crippen molar-refractivity contribution in [3.8, 4) is 5.75 Å². The highest BCUT2D eigenvalue weighted by Crippen LogP contribution is 2.48. The van der Waals surface area contributed by atoms with Gasteiger partial charge in [0.05, 0.1) is 6.54 Å². The van der Waals surface area contributed by atoms with Crippen LogP contribution in [0.25, 0.3) is 0 Å². The molecule has 2 atom stereocenters. The first-order valence-electron chi connectivity index (χ1n) is 7.45. The zero-order valence-corrected chi connectivity index (χ0v) is 12.2. The summed E-state index contributed by atoms with van der Waals surface area (Å²) in [4.78, 5) is 12.0. The molecule has 2 aromatic rings. The van der Waals surface area contributed by atoms with Crippen LogP contribution < -0.4 is 10.1 Å². The van der Waals surface area contributed by atoms with E-state index in [2.05, 4.69) is 5.32 Å². The van der Waals surface area contributed by atoms with Crippen LogP contribution in [0.1, 0.15) is 17.9 Å². The Labute approximate surface area is 129 Å². The van der Waals surface area contributed by atoms with E-state index in [1.807, 2.05) is 30.3 Å². The fourth-order valence-electron chi connectivity index (χ4n) is 2.60. The highest BCUT2D eigenvalue weighted by atomic mass is 19.1. The number of hydrogen-bond donors (Lipinski definition) is 1. The van der Waals surface area contributed by atoms with Crippen molar-refractivity contribution in [2.24, 2.45) is 5.92 Å². The molecule has 1 amide bonds. The van der Waals surface area contributed by atoms with Gasteiger partial charge in [0, 0.05) is 5.92 Å². The molecule has 0 radical (unpaired) electrons. The van der Waals surface area contributed by atoms with E-state index in [0.29, 0.717) is 25.1 Å². The molecule has 2 aromatic carbocycles. The monoisotopic (exact) mass is 299 g/mol. The van der Waals surface area contributed by atoms with Crippen LogP contribution in [-0.2, 0) is 4.79 Å². The molecule has 1 N–H and O–H groups in total. The van der Waals surface area contributed by atoms with Gasteiger partial charge in [-0.3, -0.25) is 4.79 Å². The molecular formula is C18H18FNO2. The zero-order valence-electron chi connectivity index (χ0n) is 12.2. The lowest BCUT2D eigenvalue weighted by Crippen LogP contribution is -2.29. The summed E-state index contributed by atoms with van der Waals surface area (Å²) in [7, 11) is 0. The fraction of sp³-hybridized carbons (Fsp3) is 0.278. The van der Waals surface area contributed by atoms with E-state index in [0.717, 1.165) is 5.75 Å². The molecule has 1 fully saturated rings. The summed E-state index contributed by atoms with van der Waals surface area (Å²) in [6.07, 6.45) is 0.715. The Balaban J connectivity index is 1.42. The maximum Gasteiger partial charge on any atom is 0.223 e. The Morgan fingerprint density at radius 1 is 1.14 bits per heavy atom. The number of para-hydroxylation sites is 1. The van der Waals surface area contributed by atoms with Gasteiger partial charge in [-0.1, -0.05) is 36.4 Å². The van der Waals surface area contributed by atoms with Crippen LogP contribution in [0.4, 0.5) is 4.39 Å². The Morgan fingerprint density at radius 2 is 1.86 bits per heavy atom. The third kappa shape index (κ3) is 3.45. The summed E-state index contributed by atoms with van der Waals surface area (Å²) in [6.45, 7) is 0.876. The van der Waals surface area contributed by atoms with Gasteiger partial charge in [-0.2, -0.15) is 0 Å². The predicted molar refractivity (Wildman–Crippen MR) is 82.2 cm³/mol. The quantitative estimate of drug-likeness (QED) is 0.832. The number of rotatable bonds is 6. The molecule has 3 rings (SSSR count). The number of carbonyl (C=O) groups is 1. The first kappa shape index (κ1) is 14.6. The van der Waals surface area contributed by atoms with E-state index in [4.69, 9.17) is 4.74 Å². The van der Waals surface area contributed by atoms with E-state index in [1.54, 1.807) is 18.2 Å². The molecule has 0 aromatic heterocycles. The summed E-state index contributed by atoms with van der Waals surface area (Å²) >= 11 is 0. The van der Waals surface area contributed by atoms with E-state index in [-0.39, 0.29) is 23.6 Å². The maximum absolute atomic E-state index is 13.7. The van der Waals surface area contributed by atoms with Crippen LogP contribution in [0.2, 0.25) is 0 Å². The molecule has 4 heteroatoms. The third-order valence-electron chi connectivity index (χ3n) is 3.85. The summed E-state index contributed by atoms with van der Waals surface area (Å²) in [6, 6.07) is 16.1. The normalized spacial score (nSPS) is 19.5. The van der Waals surface area contributed by atoms with Gasteiger partial charge in [0.25, 0.3) is 0 Å². The molecule has 22 heavy (non-hydrogen) atoms. The fourth-order valence-corrected chi connectivity index (χ4v) is 2.60. The van der Waals surface area contributed by atoms with Crippen LogP contribution in [-0.4, -0.2) is 19.1 Å². The second kappa shape index (κ2) is 6.60. The van der Waals surface area contributed by atoms with E-state index in [1.165, 1.54) is 6.07 Å². The van der Waals surface area contributed by atoms with Gasteiger partial charge in [0.2, 0.25) is 5.91 Å². The third-order valence-corrected chi connectivity index (χ3v) is 3.85. The molecule has 1 saturated carbocycles. The van der Waals surface area contributed by atoms with Crippen molar-refractivity contribution in [3.05, 3.63) is 66.0 Å².